The minimum atomic E-state index is 0.425. The van der Waals surface area contributed by atoms with Crippen molar-refractivity contribution < 1.29 is 9.47 Å². The molecular formula is C15H25NO2. The van der Waals surface area contributed by atoms with E-state index in [4.69, 9.17) is 9.47 Å². The van der Waals surface area contributed by atoms with Gasteiger partial charge in [-0.25, -0.2) is 0 Å². The molecule has 0 radical (unpaired) electrons. The Morgan fingerprint density at radius 3 is 2.44 bits per heavy atom. The summed E-state index contributed by atoms with van der Waals surface area (Å²) in [6.45, 7) is 8.64. The number of hydrogen-bond donors (Lipinski definition) is 1. The first-order chi connectivity index (χ1) is 8.63. The Hall–Kier alpha value is -1.22. The van der Waals surface area contributed by atoms with Crippen molar-refractivity contribution in [3.05, 3.63) is 23.8 Å². The van der Waals surface area contributed by atoms with Crippen LogP contribution < -0.4 is 14.8 Å². The molecular weight excluding hydrogens is 226 g/mol. The Bertz CT molecular complexity index is 366. The third kappa shape index (κ3) is 3.64. The van der Waals surface area contributed by atoms with Crippen LogP contribution in [0.15, 0.2) is 18.2 Å². The van der Waals surface area contributed by atoms with E-state index >= 15 is 0 Å². The molecule has 3 nitrogen and oxygen atoms in total. The van der Waals surface area contributed by atoms with Crippen LogP contribution in [0.4, 0.5) is 0 Å². The molecule has 1 aromatic carbocycles. The van der Waals surface area contributed by atoms with Crippen LogP contribution in [0.3, 0.4) is 0 Å². The lowest BCUT2D eigenvalue weighted by molar-refractivity contribution is 0.382. The van der Waals surface area contributed by atoms with Crippen molar-refractivity contribution in [1.29, 1.82) is 0 Å². The van der Waals surface area contributed by atoms with E-state index in [9.17, 15) is 0 Å². The normalized spacial score (nSPS) is 14.1. The van der Waals surface area contributed by atoms with E-state index in [2.05, 4.69) is 32.2 Å². The van der Waals surface area contributed by atoms with Gasteiger partial charge in [-0.2, -0.15) is 0 Å². The highest BCUT2D eigenvalue weighted by atomic mass is 16.5. The maximum absolute atomic E-state index is 5.44. The van der Waals surface area contributed by atoms with Crippen LogP contribution in [0.1, 0.15) is 32.3 Å². The summed E-state index contributed by atoms with van der Waals surface area (Å²) < 4.78 is 10.7. The molecule has 0 bridgehead atoms. The molecule has 0 saturated heterocycles. The fourth-order valence-corrected chi connectivity index (χ4v) is 2.05. The van der Waals surface area contributed by atoms with Gasteiger partial charge < -0.3 is 14.8 Å². The quantitative estimate of drug-likeness (QED) is 0.808. The lowest BCUT2D eigenvalue weighted by Gasteiger charge is -2.23. The van der Waals surface area contributed by atoms with Gasteiger partial charge in [0.25, 0.3) is 0 Å². The zero-order valence-corrected chi connectivity index (χ0v) is 12.1. The SMILES string of the molecule is CCNCC(C)C(C)c1cc(OC)ccc1OC. The number of ether oxygens (including phenoxy) is 2. The zero-order valence-electron chi connectivity index (χ0n) is 12.1. The van der Waals surface area contributed by atoms with Crippen LogP contribution >= 0.6 is 0 Å². The molecule has 102 valence electrons. The molecule has 2 atom stereocenters. The highest BCUT2D eigenvalue weighted by Crippen LogP contribution is 2.34. The molecule has 1 rings (SSSR count). The van der Waals surface area contributed by atoms with Crippen molar-refractivity contribution in [2.75, 3.05) is 27.3 Å². The molecule has 1 aromatic rings. The van der Waals surface area contributed by atoms with Gasteiger partial charge in [-0.3, -0.25) is 0 Å². The van der Waals surface area contributed by atoms with Crippen LogP contribution in [0, 0.1) is 5.92 Å². The first-order valence-electron chi connectivity index (χ1n) is 6.56. The standard InChI is InChI=1S/C15H25NO2/c1-6-16-10-11(2)12(3)14-9-13(17-4)7-8-15(14)18-5/h7-9,11-12,16H,6,10H2,1-5H3. The number of methoxy groups -OCH3 is 2. The molecule has 0 saturated carbocycles. The number of benzene rings is 1. The van der Waals surface area contributed by atoms with Crippen LogP contribution in [-0.2, 0) is 0 Å². The second-order valence-corrected chi connectivity index (χ2v) is 4.68. The zero-order chi connectivity index (χ0) is 13.5. The van der Waals surface area contributed by atoms with E-state index in [-0.39, 0.29) is 0 Å². The van der Waals surface area contributed by atoms with E-state index in [1.165, 1.54) is 5.56 Å². The van der Waals surface area contributed by atoms with E-state index < -0.39 is 0 Å². The van der Waals surface area contributed by atoms with Crippen molar-refractivity contribution in [2.24, 2.45) is 5.92 Å². The van der Waals surface area contributed by atoms with E-state index in [1.54, 1.807) is 14.2 Å². The third-order valence-electron chi connectivity index (χ3n) is 3.50. The average molecular weight is 251 g/mol. The summed E-state index contributed by atoms with van der Waals surface area (Å²) in [4.78, 5) is 0. The van der Waals surface area contributed by atoms with Gasteiger partial charge in [-0.1, -0.05) is 20.8 Å². The van der Waals surface area contributed by atoms with E-state index in [1.807, 2.05) is 12.1 Å². The smallest absolute Gasteiger partial charge is 0.122 e. The third-order valence-corrected chi connectivity index (χ3v) is 3.50. The Morgan fingerprint density at radius 1 is 1.17 bits per heavy atom. The molecule has 0 aliphatic carbocycles. The molecule has 0 aromatic heterocycles. The van der Waals surface area contributed by atoms with Crippen LogP contribution in [0.2, 0.25) is 0 Å². The van der Waals surface area contributed by atoms with Crippen LogP contribution in [0.5, 0.6) is 11.5 Å². The molecule has 2 unspecified atom stereocenters. The van der Waals surface area contributed by atoms with Gasteiger partial charge in [0.1, 0.15) is 11.5 Å². The largest absolute Gasteiger partial charge is 0.497 e. The Labute approximate surface area is 110 Å². The van der Waals surface area contributed by atoms with E-state index in [0.717, 1.165) is 24.6 Å². The second kappa shape index (κ2) is 7.27. The molecule has 18 heavy (non-hydrogen) atoms. The topological polar surface area (TPSA) is 30.5 Å². The van der Waals surface area contributed by atoms with E-state index in [0.29, 0.717) is 11.8 Å². The van der Waals surface area contributed by atoms with Crippen LogP contribution in [-0.4, -0.2) is 27.3 Å². The van der Waals surface area contributed by atoms with Crippen molar-refractivity contribution in [3.63, 3.8) is 0 Å². The lowest BCUT2D eigenvalue weighted by atomic mass is 9.88. The Morgan fingerprint density at radius 2 is 1.89 bits per heavy atom. The molecule has 0 fully saturated rings. The predicted molar refractivity (Wildman–Crippen MR) is 75.7 cm³/mol. The molecule has 0 heterocycles. The molecule has 3 heteroatoms. The molecule has 1 N–H and O–H groups in total. The fourth-order valence-electron chi connectivity index (χ4n) is 2.05. The fraction of sp³-hybridized carbons (Fsp3) is 0.600. The number of hydrogen-bond acceptors (Lipinski definition) is 3. The summed E-state index contributed by atoms with van der Waals surface area (Å²) in [5, 5.41) is 3.39. The highest BCUT2D eigenvalue weighted by molar-refractivity contribution is 5.42. The predicted octanol–water partition coefficient (Wildman–Crippen LogP) is 3.05. The van der Waals surface area contributed by atoms with Gasteiger partial charge in [0.05, 0.1) is 14.2 Å². The molecule has 0 amide bonds. The molecule has 0 aliphatic heterocycles. The summed E-state index contributed by atoms with van der Waals surface area (Å²) in [5.74, 6) is 2.79. The van der Waals surface area contributed by atoms with Gasteiger partial charge >= 0.3 is 0 Å². The van der Waals surface area contributed by atoms with Crippen molar-refractivity contribution in [2.45, 2.75) is 26.7 Å². The summed E-state index contributed by atoms with van der Waals surface area (Å²) >= 11 is 0. The highest BCUT2D eigenvalue weighted by Gasteiger charge is 2.18. The van der Waals surface area contributed by atoms with Crippen molar-refractivity contribution in [3.8, 4) is 11.5 Å². The minimum Gasteiger partial charge on any atom is -0.497 e. The Balaban J connectivity index is 2.91. The van der Waals surface area contributed by atoms with Gasteiger partial charge in [0.15, 0.2) is 0 Å². The van der Waals surface area contributed by atoms with Crippen molar-refractivity contribution in [1.82, 2.24) is 5.32 Å². The van der Waals surface area contributed by atoms with Gasteiger partial charge in [0, 0.05) is 5.56 Å². The average Bonchev–Trinajstić information content (AvgIpc) is 2.43. The summed E-state index contributed by atoms with van der Waals surface area (Å²) in [5.41, 5.74) is 1.21. The summed E-state index contributed by atoms with van der Waals surface area (Å²) in [6, 6.07) is 5.99. The first kappa shape index (κ1) is 14.8. The van der Waals surface area contributed by atoms with Gasteiger partial charge in [-0.15, -0.1) is 0 Å². The maximum Gasteiger partial charge on any atom is 0.122 e. The number of rotatable bonds is 7. The summed E-state index contributed by atoms with van der Waals surface area (Å²) in [7, 11) is 3.41. The minimum absolute atomic E-state index is 0.425. The van der Waals surface area contributed by atoms with Gasteiger partial charge in [0.2, 0.25) is 0 Å². The van der Waals surface area contributed by atoms with Crippen LogP contribution in [0.25, 0.3) is 0 Å². The molecule has 0 aliphatic rings. The number of nitrogens with one attached hydrogen (secondary N) is 1. The maximum atomic E-state index is 5.44. The first-order valence-corrected chi connectivity index (χ1v) is 6.56. The lowest BCUT2D eigenvalue weighted by Crippen LogP contribution is -2.24. The van der Waals surface area contributed by atoms with Gasteiger partial charge in [-0.05, 0) is 43.1 Å². The molecule has 0 spiro atoms. The second-order valence-electron chi connectivity index (χ2n) is 4.68. The van der Waals surface area contributed by atoms with Crippen molar-refractivity contribution >= 4 is 0 Å². The Kier molecular flexibility index (Phi) is 5.99. The summed E-state index contributed by atoms with van der Waals surface area (Å²) in [6.07, 6.45) is 0. The monoisotopic (exact) mass is 251 g/mol.